The third kappa shape index (κ3) is 5.21. The van der Waals surface area contributed by atoms with Gasteiger partial charge in [0.05, 0.1) is 12.4 Å². The highest BCUT2D eigenvalue weighted by atomic mass is 32.2. The van der Waals surface area contributed by atoms with Gasteiger partial charge in [-0.1, -0.05) is 49.0 Å². The van der Waals surface area contributed by atoms with E-state index in [9.17, 15) is 4.79 Å². The van der Waals surface area contributed by atoms with Crippen LogP contribution in [-0.2, 0) is 11.8 Å². The highest BCUT2D eigenvalue weighted by Gasteiger charge is 2.20. The monoisotopic (exact) mass is 424 g/mol. The first kappa shape index (κ1) is 21.9. The van der Waals surface area contributed by atoms with E-state index in [1.54, 1.807) is 7.11 Å². The molecule has 0 radical (unpaired) electrons. The zero-order chi connectivity index (χ0) is 21.5. The van der Waals surface area contributed by atoms with Crippen molar-refractivity contribution in [3.8, 4) is 17.1 Å². The highest BCUT2D eigenvalue weighted by molar-refractivity contribution is 8.00. The van der Waals surface area contributed by atoms with Gasteiger partial charge in [0.1, 0.15) is 5.75 Å². The lowest BCUT2D eigenvalue weighted by Gasteiger charge is -2.18. The Morgan fingerprint density at radius 1 is 1.13 bits per heavy atom. The van der Waals surface area contributed by atoms with Crippen LogP contribution in [0, 0.1) is 0 Å². The number of methoxy groups -OCH3 is 1. The van der Waals surface area contributed by atoms with Crippen molar-refractivity contribution in [2.75, 3.05) is 13.7 Å². The van der Waals surface area contributed by atoms with E-state index in [1.807, 2.05) is 61.0 Å². The van der Waals surface area contributed by atoms with Crippen LogP contribution in [0.3, 0.4) is 0 Å². The van der Waals surface area contributed by atoms with Crippen molar-refractivity contribution in [2.45, 2.75) is 36.6 Å². The second-order valence-electron chi connectivity index (χ2n) is 7.11. The number of rotatable bonds is 9. The number of nitrogens with zero attached hydrogens (tertiary/aromatic N) is 3. The topological polar surface area (TPSA) is 69.0 Å². The van der Waals surface area contributed by atoms with E-state index < -0.39 is 0 Å². The Bertz CT molecular complexity index is 957. The van der Waals surface area contributed by atoms with Crippen molar-refractivity contribution in [1.82, 2.24) is 20.1 Å². The van der Waals surface area contributed by atoms with Gasteiger partial charge in [-0.3, -0.25) is 4.79 Å². The molecule has 2 aromatic carbocycles. The van der Waals surface area contributed by atoms with Crippen molar-refractivity contribution in [1.29, 1.82) is 0 Å². The minimum absolute atomic E-state index is 0.00313. The van der Waals surface area contributed by atoms with Crippen LogP contribution in [0.25, 0.3) is 11.4 Å². The van der Waals surface area contributed by atoms with Gasteiger partial charge >= 0.3 is 0 Å². The van der Waals surface area contributed by atoms with E-state index in [1.165, 1.54) is 17.3 Å². The molecule has 1 N–H and O–H groups in total. The minimum Gasteiger partial charge on any atom is -0.497 e. The van der Waals surface area contributed by atoms with E-state index in [2.05, 4.69) is 34.6 Å². The lowest BCUT2D eigenvalue weighted by atomic mass is 9.96. The summed E-state index contributed by atoms with van der Waals surface area (Å²) in [5, 5.41) is 12.1. The molecule has 0 aliphatic carbocycles. The number of amides is 1. The minimum atomic E-state index is -0.273. The summed E-state index contributed by atoms with van der Waals surface area (Å²) >= 11 is 1.41. The third-order valence-electron chi connectivity index (χ3n) is 5.12. The molecule has 30 heavy (non-hydrogen) atoms. The van der Waals surface area contributed by atoms with E-state index >= 15 is 0 Å². The predicted molar refractivity (Wildman–Crippen MR) is 121 cm³/mol. The highest BCUT2D eigenvalue weighted by Crippen LogP contribution is 2.27. The van der Waals surface area contributed by atoms with Crippen LogP contribution in [0.1, 0.15) is 31.7 Å². The summed E-state index contributed by atoms with van der Waals surface area (Å²) in [5.74, 6) is 1.86. The van der Waals surface area contributed by atoms with Crippen molar-refractivity contribution < 1.29 is 9.53 Å². The smallest absolute Gasteiger partial charge is 0.233 e. The molecule has 0 spiro atoms. The summed E-state index contributed by atoms with van der Waals surface area (Å²) in [4.78, 5) is 12.7. The van der Waals surface area contributed by atoms with Crippen LogP contribution in [0.5, 0.6) is 5.75 Å². The SMILES string of the molecule is CC[C@H](CNC(=O)[C@H](C)Sc1nnc(-c2ccc(OC)cc2)n1C)c1ccccc1. The standard InChI is InChI=1S/C23H28N4O2S/c1-5-17(18-9-7-6-8-10-18)15-24-22(28)16(2)30-23-26-25-21(27(23)3)19-11-13-20(29-4)14-12-19/h6-14,16-17H,5,15H2,1-4H3,(H,24,28)/t16-,17+/m0/s1. The van der Waals surface area contributed by atoms with E-state index in [0.29, 0.717) is 17.6 Å². The second kappa shape index (κ2) is 10.3. The van der Waals surface area contributed by atoms with Crippen LogP contribution in [-0.4, -0.2) is 39.6 Å². The van der Waals surface area contributed by atoms with Crippen molar-refractivity contribution in [3.05, 3.63) is 60.2 Å². The summed E-state index contributed by atoms with van der Waals surface area (Å²) in [5.41, 5.74) is 2.20. The fourth-order valence-corrected chi connectivity index (χ4v) is 4.05. The van der Waals surface area contributed by atoms with E-state index in [0.717, 1.165) is 23.6 Å². The average molecular weight is 425 g/mol. The van der Waals surface area contributed by atoms with Gasteiger partial charge in [-0.25, -0.2) is 0 Å². The Kier molecular flexibility index (Phi) is 7.52. The largest absolute Gasteiger partial charge is 0.497 e. The lowest BCUT2D eigenvalue weighted by Crippen LogP contribution is -2.34. The molecule has 0 aliphatic rings. The number of aromatic nitrogens is 3. The number of carbonyl (C=O) groups is 1. The molecule has 6 nitrogen and oxygen atoms in total. The van der Waals surface area contributed by atoms with Crippen LogP contribution in [0.15, 0.2) is 59.8 Å². The first-order valence-corrected chi connectivity index (χ1v) is 10.9. The number of benzene rings is 2. The molecular weight excluding hydrogens is 396 g/mol. The average Bonchev–Trinajstić information content (AvgIpc) is 3.14. The van der Waals surface area contributed by atoms with Crippen molar-refractivity contribution in [3.63, 3.8) is 0 Å². The number of ether oxygens (including phenoxy) is 1. The van der Waals surface area contributed by atoms with Gasteiger partial charge in [0, 0.05) is 25.1 Å². The van der Waals surface area contributed by atoms with Gasteiger partial charge in [0.2, 0.25) is 5.91 Å². The van der Waals surface area contributed by atoms with Gasteiger partial charge in [0.15, 0.2) is 11.0 Å². The van der Waals surface area contributed by atoms with E-state index in [4.69, 9.17) is 4.74 Å². The Morgan fingerprint density at radius 2 is 1.83 bits per heavy atom. The first-order valence-electron chi connectivity index (χ1n) is 10.1. The fourth-order valence-electron chi connectivity index (χ4n) is 3.21. The molecule has 1 heterocycles. The second-order valence-corrected chi connectivity index (χ2v) is 8.42. The van der Waals surface area contributed by atoms with Crippen LogP contribution < -0.4 is 10.1 Å². The lowest BCUT2D eigenvalue weighted by molar-refractivity contribution is -0.120. The molecule has 7 heteroatoms. The molecule has 1 amide bonds. The third-order valence-corrected chi connectivity index (χ3v) is 6.25. The van der Waals surface area contributed by atoms with Gasteiger partial charge in [0.25, 0.3) is 0 Å². The van der Waals surface area contributed by atoms with Crippen LogP contribution >= 0.6 is 11.8 Å². The molecule has 0 fully saturated rings. The number of hydrogen-bond acceptors (Lipinski definition) is 5. The van der Waals surface area contributed by atoms with Gasteiger partial charge in [-0.15, -0.1) is 10.2 Å². The molecule has 158 valence electrons. The quantitative estimate of drug-likeness (QED) is 0.519. The Hall–Kier alpha value is -2.80. The molecule has 3 rings (SSSR count). The number of thioether (sulfide) groups is 1. The summed E-state index contributed by atoms with van der Waals surface area (Å²) < 4.78 is 7.12. The Morgan fingerprint density at radius 3 is 2.47 bits per heavy atom. The molecule has 1 aromatic heterocycles. The maximum absolute atomic E-state index is 12.7. The van der Waals surface area contributed by atoms with Gasteiger partial charge in [-0.05, 0) is 43.2 Å². The van der Waals surface area contributed by atoms with Gasteiger partial charge < -0.3 is 14.6 Å². The molecule has 3 aromatic rings. The number of hydrogen-bond donors (Lipinski definition) is 1. The maximum Gasteiger partial charge on any atom is 0.233 e. The Balaban J connectivity index is 1.60. The number of carbonyl (C=O) groups excluding carboxylic acids is 1. The molecule has 0 saturated heterocycles. The molecule has 0 unspecified atom stereocenters. The fraction of sp³-hybridized carbons (Fsp3) is 0.348. The van der Waals surface area contributed by atoms with Gasteiger partial charge in [-0.2, -0.15) is 0 Å². The summed E-state index contributed by atoms with van der Waals surface area (Å²) in [7, 11) is 3.55. The Labute approximate surface area is 182 Å². The summed E-state index contributed by atoms with van der Waals surface area (Å²) in [6, 6.07) is 18.0. The maximum atomic E-state index is 12.7. The molecule has 0 bridgehead atoms. The summed E-state index contributed by atoms with van der Waals surface area (Å²) in [6.07, 6.45) is 0.973. The van der Waals surface area contributed by atoms with Crippen LogP contribution in [0.2, 0.25) is 0 Å². The van der Waals surface area contributed by atoms with Crippen molar-refractivity contribution >= 4 is 17.7 Å². The predicted octanol–water partition coefficient (Wildman–Crippen LogP) is 4.28. The van der Waals surface area contributed by atoms with E-state index in [-0.39, 0.29) is 11.2 Å². The molecule has 0 saturated carbocycles. The normalized spacial score (nSPS) is 12.9. The van der Waals surface area contributed by atoms with Crippen molar-refractivity contribution in [2.24, 2.45) is 7.05 Å². The zero-order valence-corrected chi connectivity index (χ0v) is 18.6. The van der Waals surface area contributed by atoms with Crippen LogP contribution in [0.4, 0.5) is 0 Å². The summed E-state index contributed by atoms with van der Waals surface area (Å²) in [6.45, 7) is 4.66. The first-order chi connectivity index (χ1) is 14.5. The zero-order valence-electron chi connectivity index (χ0n) is 17.8. The number of nitrogens with one attached hydrogen (secondary N) is 1. The molecule has 2 atom stereocenters. The molecule has 0 aliphatic heterocycles. The molecular formula is C23H28N4O2S.